The van der Waals surface area contributed by atoms with E-state index in [0.29, 0.717) is 12.2 Å². The molecule has 1 aliphatic heterocycles. The lowest BCUT2D eigenvalue weighted by Gasteiger charge is -2.47. The topological polar surface area (TPSA) is 170 Å². The van der Waals surface area contributed by atoms with E-state index in [9.17, 15) is 30.0 Å². The fourth-order valence-electron chi connectivity index (χ4n) is 7.89. The van der Waals surface area contributed by atoms with Gasteiger partial charge in [-0.05, 0) is 57.4 Å². The van der Waals surface area contributed by atoms with E-state index >= 15 is 0 Å². The molecule has 0 aromatic rings. The van der Waals surface area contributed by atoms with Crippen LogP contribution in [0.2, 0.25) is 0 Å². The zero-order chi connectivity index (χ0) is 35.7. The summed E-state index contributed by atoms with van der Waals surface area (Å²) in [5.74, 6) is -1.65. The fourth-order valence-corrected chi connectivity index (χ4v) is 7.89. The molecule has 4 N–H and O–H groups in total. The zero-order valence-electron chi connectivity index (χ0n) is 29.6. The van der Waals surface area contributed by atoms with Crippen LogP contribution in [0.15, 0.2) is 35.5 Å². The van der Waals surface area contributed by atoms with Gasteiger partial charge in [-0.15, -0.1) is 6.58 Å². The van der Waals surface area contributed by atoms with Gasteiger partial charge in [-0.25, -0.2) is 0 Å². The fraction of sp³-hybridized carbons (Fsp3) is 0.778. The first-order chi connectivity index (χ1) is 22.4. The SMILES string of the molecule is C=CC(C)(C)OCC1OC(OC2C3=C(C(C)COC(C)=O)CC(O)C3(C)C=C3C(COC)CCC3C(C)C2O)C(O)C(O)C1OC(C)=O. The maximum atomic E-state index is 12.2. The molecule has 0 bridgehead atoms. The Morgan fingerprint density at radius 3 is 2.40 bits per heavy atom. The Morgan fingerprint density at radius 1 is 1.10 bits per heavy atom. The summed E-state index contributed by atoms with van der Waals surface area (Å²) < 4.78 is 35.1. The normalized spacial score (nSPS) is 39.1. The van der Waals surface area contributed by atoms with E-state index in [1.807, 2.05) is 20.8 Å². The molecule has 4 rings (SSSR count). The summed E-state index contributed by atoms with van der Waals surface area (Å²) in [5, 5.41) is 46.6. The van der Waals surface area contributed by atoms with E-state index in [0.717, 1.165) is 24.0 Å². The molecule has 2 fully saturated rings. The first kappa shape index (κ1) is 38.6. The smallest absolute Gasteiger partial charge is 0.303 e. The number of hydrogen-bond acceptors (Lipinski definition) is 12. The molecule has 4 aliphatic rings. The highest BCUT2D eigenvalue weighted by Gasteiger charge is 2.56. The first-order valence-corrected chi connectivity index (χ1v) is 17.0. The molecular weight excluding hydrogens is 624 g/mol. The summed E-state index contributed by atoms with van der Waals surface area (Å²) in [6, 6.07) is 0. The van der Waals surface area contributed by atoms with Gasteiger partial charge in [0.05, 0.1) is 37.6 Å². The standard InChI is InChI=1S/C36H56O12/c1-10-35(6,7)45-17-26-32(46-21(5)38)30(41)31(42)34(47-26)48-33-28-24(18(2)15-44-20(4)37)13-27(39)36(28,8)14-25-22(16-43-9)11-12-23(25)19(3)29(33)40/h10,14,18-19,22-23,26-27,29-34,39-42H,1,11-13,15-17H2,2-9H3. The molecule has 48 heavy (non-hydrogen) atoms. The van der Waals surface area contributed by atoms with E-state index in [1.54, 1.807) is 27.0 Å². The minimum Gasteiger partial charge on any atom is -0.465 e. The molecule has 0 aromatic carbocycles. The van der Waals surface area contributed by atoms with E-state index in [2.05, 4.69) is 12.7 Å². The van der Waals surface area contributed by atoms with Crippen molar-refractivity contribution in [2.45, 2.75) is 122 Å². The van der Waals surface area contributed by atoms with Crippen LogP contribution >= 0.6 is 0 Å². The van der Waals surface area contributed by atoms with E-state index in [1.165, 1.54) is 13.8 Å². The number of aliphatic hydroxyl groups excluding tert-OH is 4. The average Bonchev–Trinajstić information content (AvgIpc) is 3.52. The molecule has 1 saturated heterocycles. The van der Waals surface area contributed by atoms with Crippen molar-refractivity contribution in [3.63, 3.8) is 0 Å². The van der Waals surface area contributed by atoms with Crippen LogP contribution < -0.4 is 0 Å². The van der Waals surface area contributed by atoms with Crippen LogP contribution in [0.25, 0.3) is 0 Å². The minimum absolute atomic E-state index is 0.0160. The van der Waals surface area contributed by atoms with Gasteiger partial charge >= 0.3 is 11.9 Å². The van der Waals surface area contributed by atoms with E-state index < -0.39 is 72.0 Å². The predicted molar refractivity (Wildman–Crippen MR) is 174 cm³/mol. The second-order valence-electron chi connectivity index (χ2n) is 14.7. The molecule has 0 amide bonds. The van der Waals surface area contributed by atoms with E-state index in [-0.39, 0.29) is 43.3 Å². The van der Waals surface area contributed by atoms with Gasteiger partial charge in [0.15, 0.2) is 12.4 Å². The van der Waals surface area contributed by atoms with Crippen LogP contribution in [0.3, 0.4) is 0 Å². The Bertz CT molecular complexity index is 1240. The molecule has 0 aromatic heterocycles. The van der Waals surface area contributed by atoms with Crippen molar-refractivity contribution in [3.8, 4) is 0 Å². The monoisotopic (exact) mass is 680 g/mol. The second-order valence-corrected chi connectivity index (χ2v) is 14.7. The Balaban J connectivity index is 1.80. The number of carbonyl (C=O) groups excluding carboxylic acids is 2. The predicted octanol–water partition coefficient (Wildman–Crippen LogP) is 2.61. The third-order valence-corrected chi connectivity index (χ3v) is 10.8. The molecule has 12 heteroatoms. The summed E-state index contributed by atoms with van der Waals surface area (Å²) >= 11 is 0. The number of carbonyl (C=O) groups is 2. The quantitative estimate of drug-likeness (QED) is 0.176. The Labute approximate surface area is 284 Å². The van der Waals surface area contributed by atoms with Gasteiger partial charge in [0.2, 0.25) is 0 Å². The number of esters is 2. The van der Waals surface area contributed by atoms with Crippen LogP contribution in [-0.2, 0) is 38.0 Å². The highest BCUT2D eigenvalue weighted by atomic mass is 16.7. The lowest BCUT2D eigenvalue weighted by atomic mass is 9.68. The van der Waals surface area contributed by atoms with Crippen LogP contribution in [-0.4, -0.2) is 114 Å². The Hall–Kier alpha value is -2.16. The second kappa shape index (κ2) is 15.4. The molecular formula is C36H56O12. The van der Waals surface area contributed by atoms with Crippen LogP contribution in [0.1, 0.15) is 67.7 Å². The van der Waals surface area contributed by atoms with Crippen molar-refractivity contribution >= 4 is 11.9 Å². The highest BCUT2D eigenvalue weighted by Crippen LogP contribution is 2.56. The largest absolute Gasteiger partial charge is 0.465 e. The number of hydrogen-bond donors (Lipinski definition) is 4. The molecule has 0 spiro atoms. The number of aliphatic hydroxyl groups is 4. The number of fused-ring (bicyclic) bond motifs is 2. The minimum atomic E-state index is -1.67. The van der Waals surface area contributed by atoms with Gasteiger partial charge < -0.3 is 48.8 Å². The van der Waals surface area contributed by atoms with Gasteiger partial charge in [-0.1, -0.05) is 37.1 Å². The van der Waals surface area contributed by atoms with Gasteiger partial charge in [0.1, 0.15) is 24.4 Å². The molecule has 0 radical (unpaired) electrons. The lowest BCUT2D eigenvalue weighted by molar-refractivity contribution is -0.320. The summed E-state index contributed by atoms with van der Waals surface area (Å²) in [7, 11) is 1.66. The molecule has 13 unspecified atom stereocenters. The van der Waals surface area contributed by atoms with Crippen LogP contribution in [0.4, 0.5) is 0 Å². The van der Waals surface area contributed by atoms with Crippen molar-refractivity contribution in [1.82, 2.24) is 0 Å². The van der Waals surface area contributed by atoms with Crippen molar-refractivity contribution in [2.24, 2.45) is 29.1 Å². The molecule has 1 heterocycles. The summed E-state index contributed by atoms with van der Waals surface area (Å²) in [5.41, 5.74) is 0.750. The number of methoxy groups -OCH3 is 1. The third kappa shape index (κ3) is 7.91. The van der Waals surface area contributed by atoms with Gasteiger partial charge in [-0.3, -0.25) is 9.59 Å². The third-order valence-electron chi connectivity index (χ3n) is 10.8. The Morgan fingerprint density at radius 2 is 1.79 bits per heavy atom. The molecule has 272 valence electrons. The summed E-state index contributed by atoms with van der Waals surface area (Å²) in [4.78, 5) is 23.7. The maximum Gasteiger partial charge on any atom is 0.303 e. The number of ether oxygens (including phenoxy) is 6. The van der Waals surface area contributed by atoms with Gasteiger partial charge in [0, 0.05) is 38.2 Å². The average molecular weight is 681 g/mol. The first-order valence-electron chi connectivity index (χ1n) is 17.0. The van der Waals surface area contributed by atoms with Gasteiger partial charge in [0.25, 0.3) is 0 Å². The highest BCUT2D eigenvalue weighted by molar-refractivity contribution is 5.66. The molecule has 13 atom stereocenters. The van der Waals surface area contributed by atoms with Crippen LogP contribution in [0, 0.1) is 29.1 Å². The van der Waals surface area contributed by atoms with Crippen molar-refractivity contribution in [2.75, 3.05) is 26.9 Å². The molecule has 1 saturated carbocycles. The van der Waals surface area contributed by atoms with Crippen LogP contribution in [0.5, 0.6) is 0 Å². The molecule has 12 nitrogen and oxygen atoms in total. The van der Waals surface area contributed by atoms with Crippen molar-refractivity contribution in [3.05, 3.63) is 35.5 Å². The van der Waals surface area contributed by atoms with Crippen molar-refractivity contribution < 1.29 is 58.4 Å². The maximum absolute atomic E-state index is 12.2. The zero-order valence-corrected chi connectivity index (χ0v) is 29.6. The lowest BCUT2D eigenvalue weighted by Crippen LogP contribution is -2.62. The number of rotatable bonds is 12. The van der Waals surface area contributed by atoms with E-state index in [4.69, 9.17) is 28.4 Å². The summed E-state index contributed by atoms with van der Waals surface area (Å²) in [6.45, 7) is 16.1. The summed E-state index contributed by atoms with van der Waals surface area (Å²) in [6.07, 6.45) is -4.53. The molecule has 3 aliphatic carbocycles. The van der Waals surface area contributed by atoms with Crippen molar-refractivity contribution in [1.29, 1.82) is 0 Å². The van der Waals surface area contributed by atoms with Gasteiger partial charge in [-0.2, -0.15) is 0 Å². The Kier molecular flexibility index (Phi) is 12.4.